The molecule has 30 heavy (non-hydrogen) atoms. The van der Waals surface area contributed by atoms with Crippen LogP contribution in [0.3, 0.4) is 0 Å². The van der Waals surface area contributed by atoms with Gasteiger partial charge in [-0.15, -0.1) is 0 Å². The number of rotatable bonds is 5. The van der Waals surface area contributed by atoms with Gasteiger partial charge < -0.3 is 10.6 Å². The molecule has 0 radical (unpaired) electrons. The van der Waals surface area contributed by atoms with E-state index < -0.39 is 10.0 Å². The Balaban J connectivity index is 1.68. The third-order valence-electron chi connectivity index (χ3n) is 4.11. The summed E-state index contributed by atoms with van der Waals surface area (Å²) in [5, 5.41) is 6.60. The molecule has 7 nitrogen and oxygen atoms in total. The molecule has 1 heterocycles. The number of sulfonamides is 1. The summed E-state index contributed by atoms with van der Waals surface area (Å²) in [5.74, 6) is 0.0496. The van der Waals surface area contributed by atoms with Gasteiger partial charge in [0, 0.05) is 22.8 Å². The van der Waals surface area contributed by atoms with E-state index in [0.717, 1.165) is 16.8 Å². The van der Waals surface area contributed by atoms with Crippen LogP contribution in [-0.4, -0.2) is 23.5 Å². The molecule has 0 amide bonds. The Labute approximate surface area is 182 Å². The number of nitrogens with one attached hydrogen (secondary N) is 3. The summed E-state index contributed by atoms with van der Waals surface area (Å²) in [6.07, 6.45) is 0. The lowest BCUT2D eigenvalue weighted by molar-refractivity contribution is 0.601. The van der Waals surface area contributed by atoms with Gasteiger partial charge in [-0.1, -0.05) is 6.07 Å². The number of hydrogen-bond acceptors (Lipinski definition) is 5. The fraction of sp³-hybridized carbons (Fsp3) is 0.190. The maximum Gasteiger partial charge on any atom is 0.264 e. The molecule has 0 bridgehead atoms. The molecule has 1 aromatic heterocycles. The van der Waals surface area contributed by atoms with E-state index in [1.807, 2.05) is 26.0 Å². The first-order valence-corrected chi connectivity index (χ1v) is 11.1. The standard InChI is InChI=1S/C21H23N5O2S2/c1-13-9-14(2)11-18(10-13)25-21(29)24-17-5-7-19(8-6-17)30(27,28)26-20-22-15(3)12-16(4)23-20/h5-12H,1-4H3,(H,22,23,26)(H2,24,25,29). The molecule has 0 saturated carbocycles. The van der Waals surface area contributed by atoms with Crippen LogP contribution in [0.2, 0.25) is 0 Å². The zero-order chi connectivity index (χ0) is 21.9. The number of nitrogens with zero attached hydrogens (tertiary/aromatic N) is 2. The van der Waals surface area contributed by atoms with E-state index in [1.54, 1.807) is 32.0 Å². The minimum absolute atomic E-state index is 0.0496. The highest BCUT2D eigenvalue weighted by Gasteiger charge is 2.16. The normalized spacial score (nSPS) is 11.1. The first-order valence-electron chi connectivity index (χ1n) is 9.22. The summed E-state index contributed by atoms with van der Waals surface area (Å²) >= 11 is 5.35. The van der Waals surface area contributed by atoms with Crippen molar-refractivity contribution in [1.29, 1.82) is 0 Å². The van der Waals surface area contributed by atoms with Gasteiger partial charge >= 0.3 is 0 Å². The monoisotopic (exact) mass is 441 g/mol. The van der Waals surface area contributed by atoms with Crippen LogP contribution < -0.4 is 15.4 Å². The topological polar surface area (TPSA) is 96.0 Å². The molecule has 0 fully saturated rings. The molecule has 2 aromatic carbocycles. The van der Waals surface area contributed by atoms with E-state index in [4.69, 9.17) is 12.2 Å². The second kappa shape index (κ2) is 8.76. The number of aryl methyl sites for hydroxylation is 4. The average molecular weight is 442 g/mol. The van der Waals surface area contributed by atoms with Crippen molar-refractivity contribution in [1.82, 2.24) is 9.97 Å². The Morgan fingerprint density at radius 2 is 1.33 bits per heavy atom. The Bertz CT molecular complexity index is 1150. The second-order valence-corrected chi connectivity index (χ2v) is 9.15. The highest BCUT2D eigenvalue weighted by molar-refractivity contribution is 7.92. The van der Waals surface area contributed by atoms with Crippen LogP contribution in [0.1, 0.15) is 22.5 Å². The first kappa shape index (κ1) is 21.7. The molecule has 3 aromatic rings. The van der Waals surface area contributed by atoms with Gasteiger partial charge in [0.05, 0.1) is 4.90 Å². The fourth-order valence-corrected chi connectivity index (χ4v) is 4.19. The lowest BCUT2D eigenvalue weighted by Gasteiger charge is -2.13. The number of benzene rings is 2. The summed E-state index contributed by atoms with van der Waals surface area (Å²) in [5.41, 5.74) is 5.19. The molecule has 0 spiro atoms. The van der Waals surface area contributed by atoms with Crippen LogP contribution in [0.25, 0.3) is 0 Å². The highest BCUT2D eigenvalue weighted by Crippen LogP contribution is 2.18. The van der Waals surface area contributed by atoms with Crippen molar-refractivity contribution in [2.24, 2.45) is 0 Å². The van der Waals surface area contributed by atoms with Gasteiger partial charge in [-0.05, 0) is 93.5 Å². The maximum atomic E-state index is 12.6. The zero-order valence-corrected chi connectivity index (χ0v) is 18.8. The fourth-order valence-electron chi connectivity index (χ4n) is 3.01. The Kier molecular flexibility index (Phi) is 6.33. The highest BCUT2D eigenvalue weighted by atomic mass is 32.2. The second-order valence-electron chi connectivity index (χ2n) is 7.06. The molecular formula is C21H23N5O2S2. The van der Waals surface area contributed by atoms with Crippen molar-refractivity contribution in [3.8, 4) is 0 Å². The SMILES string of the molecule is Cc1cc(C)cc(NC(=S)Nc2ccc(S(=O)(=O)Nc3nc(C)cc(C)n3)cc2)c1. The quantitative estimate of drug-likeness (QED) is 0.508. The van der Waals surface area contributed by atoms with Crippen LogP contribution in [0.4, 0.5) is 17.3 Å². The Hall–Kier alpha value is -3.04. The van der Waals surface area contributed by atoms with Crippen molar-refractivity contribution in [2.75, 3.05) is 15.4 Å². The van der Waals surface area contributed by atoms with Crippen molar-refractivity contribution in [3.63, 3.8) is 0 Å². The molecule has 0 unspecified atom stereocenters. The van der Waals surface area contributed by atoms with Gasteiger partial charge in [0.25, 0.3) is 10.0 Å². The average Bonchev–Trinajstić information content (AvgIpc) is 2.59. The van der Waals surface area contributed by atoms with Crippen molar-refractivity contribution in [3.05, 3.63) is 71.0 Å². The van der Waals surface area contributed by atoms with Crippen molar-refractivity contribution >= 4 is 44.7 Å². The maximum absolute atomic E-state index is 12.6. The van der Waals surface area contributed by atoms with Crippen molar-refractivity contribution in [2.45, 2.75) is 32.6 Å². The molecule has 0 aliphatic heterocycles. The third-order valence-corrected chi connectivity index (χ3v) is 5.66. The van der Waals surface area contributed by atoms with E-state index in [1.165, 1.54) is 12.1 Å². The zero-order valence-electron chi connectivity index (χ0n) is 17.1. The molecule has 3 rings (SSSR count). The molecule has 0 aliphatic carbocycles. The largest absolute Gasteiger partial charge is 0.332 e. The van der Waals surface area contributed by atoms with Crippen molar-refractivity contribution < 1.29 is 8.42 Å². The molecule has 0 aliphatic rings. The molecule has 0 saturated heterocycles. The summed E-state index contributed by atoms with van der Waals surface area (Å²) in [6, 6.07) is 14.1. The van der Waals surface area contributed by atoms with E-state index in [-0.39, 0.29) is 10.8 Å². The molecular weight excluding hydrogens is 418 g/mol. The minimum atomic E-state index is -3.80. The van der Waals surface area contributed by atoms with E-state index in [9.17, 15) is 8.42 Å². The van der Waals surface area contributed by atoms with E-state index >= 15 is 0 Å². The molecule has 3 N–H and O–H groups in total. The lowest BCUT2D eigenvalue weighted by atomic mass is 10.1. The minimum Gasteiger partial charge on any atom is -0.332 e. The first-order chi connectivity index (χ1) is 14.1. The molecule has 9 heteroatoms. The number of anilines is 3. The van der Waals surface area contributed by atoms with E-state index in [0.29, 0.717) is 22.2 Å². The Morgan fingerprint density at radius 3 is 1.90 bits per heavy atom. The molecule has 156 valence electrons. The smallest absolute Gasteiger partial charge is 0.264 e. The van der Waals surface area contributed by atoms with Crippen LogP contribution in [0, 0.1) is 27.7 Å². The summed E-state index contributed by atoms with van der Waals surface area (Å²) in [4.78, 5) is 8.33. The number of thiocarbonyl (C=S) groups is 1. The summed E-state index contributed by atoms with van der Waals surface area (Å²) in [6.45, 7) is 7.60. The van der Waals surface area contributed by atoms with Crippen LogP contribution >= 0.6 is 12.2 Å². The van der Waals surface area contributed by atoms with Crippen LogP contribution in [0.15, 0.2) is 53.4 Å². The van der Waals surface area contributed by atoms with Gasteiger partial charge in [-0.2, -0.15) is 0 Å². The van der Waals surface area contributed by atoms with Gasteiger partial charge in [0.2, 0.25) is 5.95 Å². The lowest BCUT2D eigenvalue weighted by Crippen LogP contribution is -2.19. The predicted octanol–water partition coefficient (Wildman–Crippen LogP) is 4.32. The number of aromatic nitrogens is 2. The van der Waals surface area contributed by atoms with Gasteiger partial charge in [0.1, 0.15) is 0 Å². The summed E-state index contributed by atoms with van der Waals surface area (Å²) < 4.78 is 27.6. The van der Waals surface area contributed by atoms with Crippen LogP contribution in [0.5, 0.6) is 0 Å². The van der Waals surface area contributed by atoms with Gasteiger partial charge in [-0.25, -0.2) is 23.1 Å². The third kappa shape index (κ3) is 5.74. The molecule has 0 atom stereocenters. The van der Waals surface area contributed by atoms with Crippen LogP contribution in [-0.2, 0) is 10.0 Å². The van der Waals surface area contributed by atoms with Gasteiger partial charge in [-0.3, -0.25) is 0 Å². The van der Waals surface area contributed by atoms with Gasteiger partial charge in [0.15, 0.2) is 5.11 Å². The van der Waals surface area contributed by atoms with E-state index in [2.05, 4.69) is 31.4 Å². The number of hydrogen-bond donors (Lipinski definition) is 3. The predicted molar refractivity (Wildman–Crippen MR) is 125 cm³/mol. The summed E-state index contributed by atoms with van der Waals surface area (Å²) in [7, 11) is -3.80. The Morgan fingerprint density at radius 1 is 0.800 bits per heavy atom.